The maximum absolute atomic E-state index is 13.7. The van der Waals surface area contributed by atoms with Gasteiger partial charge in [0.15, 0.2) is 5.82 Å². The van der Waals surface area contributed by atoms with Crippen LogP contribution in [0.4, 0.5) is 5.82 Å². The Kier molecular flexibility index (Phi) is 6.65. The first-order valence-electron chi connectivity index (χ1n) is 14.8. The second kappa shape index (κ2) is 10.2. The standard InChI is InChI=1S/C31H39N7O2S/c1-18-5-9-22(32)17-36(18)31(39)21-13-24-28(26(15-21)40-3)35(2)30(33-24)25-14-20-8-12-27(38(41-4)23-10-11-23)34-29(20)37(25)16-19-6-7-19/h8,12-15,18-19,22-23H,5-7,9-11,16-17,32H2,1-4H3. The molecule has 4 aromatic rings. The summed E-state index contributed by atoms with van der Waals surface area (Å²) in [4.78, 5) is 25.9. The maximum Gasteiger partial charge on any atom is 0.254 e. The van der Waals surface area contributed by atoms with Crippen LogP contribution in [0.1, 0.15) is 55.8 Å². The van der Waals surface area contributed by atoms with Crippen molar-refractivity contribution >= 4 is 45.7 Å². The van der Waals surface area contributed by atoms with E-state index in [0.717, 1.165) is 58.8 Å². The number of amides is 1. The lowest BCUT2D eigenvalue weighted by Crippen LogP contribution is -2.50. The first-order valence-corrected chi connectivity index (χ1v) is 16.0. The summed E-state index contributed by atoms with van der Waals surface area (Å²) in [5.41, 5.74) is 10.5. The number of ether oxygens (including phenoxy) is 1. The topological polar surface area (TPSA) is 94.4 Å². The molecule has 1 aromatic carbocycles. The molecule has 3 fully saturated rings. The fourth-order valence-corrected chi connectivity index (χ4v) is 7.11. The summed E-state index contributed by atoms with van der Waals surface area (Å²) in [5, 5.41) is 1.12. The van der Waals surface area contributed by atoms with Crippen molar-refractivity contribution in [1.29, 1.82) is 0 Å². The number of benzene rings is 1. The first-order chi connectivity index (χ1) is 19.9. The molecule has 0 radical (unpaired) electrons. The van der Waals surface area contributed by atoms with E-state index in [0.29, 0.717) is 29.8 Å². The van der Waals surface area contributed by atoms with Crippen molar-refractivity contribution in [1.82, 2.24) is 24.0 Å². The van der Waals surface area contributed by atoms with Gasteiger partial charge in [0.05, 0.1) is 18.3 Å². The van der Waals surface area contributed by atoms with Gasteiger partial charge in [-0.1, -0.05) is 11.9 Å². The Labute approximate surface area is 245 Å². The largest absolute Gasteiger partial charge is 0.494 e. The van der Waals surface area contributed by atoms with Crippen LogP contribution < -0.4 is 14.8 Å². The van der Waals surface area contributed by atoms with Gasteiger partial charge >= 0.3 is 0 Å². The molecule has 1 amide bonds. The van der Waals surface area contributed by atoms with Crippen molar-refractivity contribution in [3.63, 3.8) is 0 Å². The number of nitrogens with zero attached hydrogens (tertiary/aromatic N) is 6. The Morgan fingerprint density at radius 3 is 2.63 bits per heavy atom. The Morgan fingerprint density at radius 1 is 1.12 bits per heavy atom. The minimum Gasteiger partial charge on any atom is -0.494 e. The van der Waals surface area contributed by atoms with Crippen LogP contribution in [0.3, 0.4) is 0 Å². The van der Waals surface area contributed by atoms with Gasteiger partial charge in [-0.2, -0.15) is 0 Å². The Morgan fingerprint density at radius 2 is 1.93 bits per heavy atom. The first kappa shape index (κ1) is 26.6. The molecule has 0 bridgehead atoms. The van der Waals surface area contributed by atoms with Crippen LogP contribution in [-0.4, -0.2) is 67.9 Å². The maximum atomic E-state index is 13.7. The van der Waals surface area contributed by atoms with E-state index in [2.05, 4.69) is 44.8 Å². The molecule has 2 atom stereocenters. The lowest BCUT2D eigenvalue weighted by atomic mass is 9.99. The molecule has 2 aliphatic carbocycles. The van der Waals surface area contributed by atoms with Crippen molar-refractivity contribution in [2.75, 3.05) is 24.2 Å². The monoisotopic (exact) mass is 573 g/mol. The number of hydrogen-bond donors (Lipinski definition) is 1. The number of piperidine rings is 1. The highest BCUT2D eigenvalue weighted by Gasteiger charge is 2.32. The van der Waals surface area contributed by atoms with E-state index in [1.165, 1.54) is 25.7 Å². The number of imidazole rings is 1. The summed E-state index contributed by atoms with van der Waals surface area (Å²) in [5.74, 6) is 3.16. The molecule has 0 spiro atoms. The Bertz CT molecular complexity index is 1640. The lowest BCUT2D eigenvalue weighted by Gasteiger charge is -2.36. The molecule has 1 saturated heterocycles. The van der Waals surface area contributed by atoms with Gasteiger partial charge in [0.2, 0.25) is 0 Å². The second-order valence-corrected chi connectivity index (χ2v) is 12.8. The van der Waals surface area contributed by atoms with Crippen LogP contribution in [0.2, 0.25) is 0 Å². The zero-order valence-corrected chi connectivity index (χ0v) is 25.2. The Balaban J connectivity index is 1.33. The number of methoxy groups -OCH3 is 1. The molecule has 2 saturated carbocycles. The number of carbonyl (C=O) groups excluding carboxylic acids is 1. The van der Waals surface area contributed by atoms with Gasteiger partial charge in [0.1, 0.15) is 22.7 Å². The number of fused-ring (bicyclic) bond motifs is 2. The second-order valence-electron chi connectivity index (χ2n) is 12.1. The van der Waals surface area contributed by atoms with Crippen LogP contribution in [-0.2, 0) is 13.6 Å². The minimum atomic E-state index is -0.0198. The normalized spacial score (nSPS) is 21.1. The van der Waals surface area contributed by atoms with Crippen LogP contribution >= 0.6 is 11.9 Å². The fraction of sp³-hybridized carbons (Fsp3) is 0.516. The summed E-state index contributed by atoms with van der Waals surface area (Å²) < 4.78 is 12.7. The van der Waals surface area contributed by atoms with Crippen LogP contribution in [0.25, 0.3) is 33.6 Å². The molecule has 216 valence electrons. The quantitative estimate of drug-likeness (QED) is 0.289. The summed E-state index contributed by atoms with van der Waals surface area (Å²) in [6, 6.07) is 11.1. The van der Waals surface area contributed by atoms with Crippen molar-refractivity contribution in [3.05, 3.63) is 35.9 Å². The molecule has 2 N–H and O–H groups in total. The van der Waals surface area contributed by atoms with Gasteiger partial charge in [0.25, 0.3) is 5.91 Å². The van der Waals surface area contributed by atoms with E-state index < -0.39 is 0 Å². The van der Waals surface area contributed by atoms with Gasteiger partial charge in [-0.05, 0) is 81.7 Å². The van der Waals surface area contributed by atoms with Crippen LogP contribution in [0.5, 0.6) is 5.75 Å². The highest BCUT2D eigenvalue weighted by molar-refractivity contribution is 8.00. The molecule has 41 heavy (non-hydrogen) atoms. The van der Waals surface area contributed by atoms with Crippen molar-refractivity contribution in [2.45, 2.75) is 70.1 Å². The number of likely N-dealkylation sites (tertiary alicyclic amines) is 1. The van der Waals surface area contributed by atoms with E-state index in [4.69, 9.17) is 20.4 Å². The van der Waals surface area contributed by atoms with Crippen molar-refractivity contribution < 1.29 is 9.53 Å². The zero-order chi connectivity index (χ0) is 28.4. The number of carbonyl (C=O) groups is 1. The number of aromatic nitrogens is 4. The average Bonchev–Trinajstić information content (AvgIpc) is 3.91. The number of hydrogen-bond acceptors (Lipinski definition) is 7. The Hall–Kier alpha value is -3.24. The highest BCUT2D eigenvalue weighted by Crippen LogP contribution is 2.40. The number of rotatable bonds is 8. The fourth-order valence-electron chi connectivity index (χ4n) is 6.31. The summed E-state index contributed by atoms with van der Waals surface area (Å²) in [6.45, 7) is 3.59. The van der Waals surface area contributed by atoms with Gasteiger partial charge in [-0.25, -0.2) is 9.97 Å². The molecule has 4 heterocycles. The molecular weight excluding hydrogens is 534 g/mol. The van der Waals surface area contributed by atoms with Crippen LogP contribution in [0, 0.1) is 5.92 Å². The third-order valence-electron chi connectivity index (χ3n) is 8.98. The molecule has 3 aliphatic rings. The molecule has 7 rings (SSSR count). The average molecular weight is 574 g/mol. The molecule has 10 heteroatoms. The van der Waals surface area contributed by atoms with Gasteiger partial charge < -0.3 is 24.5 Å². The van der Waals surface area contributed by atoms with E-state index >= 15 is 0 Å². The van der Waals surface area contributed by atoms with Gasteiger partial charge in [0, 0.05) is 55.5 Å². The molecule has 1 aliphatic heterocycles. The third-order valence-corrected chi connectivity index (χ3v) is 9.86. The smallest absolute Gasteiger partial charge is 0.254 e. The third kappa shape index (κ3) is 4.74. The van der Waals surface area contributed by atoms with Crippen LogP contribution in [0.15, 0.2) is 30.3 Å². The molecule has 9 nitrogen and oxygen atoms in total. The summed E-state index contributed by atoms with van der Waals surface area (Å²) in [7, 11) is 3.68. The predicted molar refractivity (Wildman–Crippen MR) is 165 cm³/mol. The van der Waals surface area contributed by atoms with Crippen molar-refractivity contribution in [2.24, 2.45) is 18.7 Å². The van der Waals surface area contributed by atoms with E-state index in [-0.39, 0.29) is 18.0 Å². The van der Waals surface area contributed by atoms with E-state index in [1.54, 1.807) is 19.1 Å². The highest BCUT2D eigenvalue weighted by atomic mass is 32.2. The predicted octanol–water partition coefficient (Wildman–Crippen LogP) is 5.21. The summed E-state index contributed by atoms with van der Waals surface area (Å²) in [6.07, 6.45) is 8.94. The SMILES string of the molecule is COc1cc(C(=O)N2CC(N)CCC2C)cc2nc(-c3cc4ccc(N(SC)C5CC5)nc4n3CC3CC3)n(C)c12. The molecular formula is C31H39N7O2S. The minimum absolute atomic E-state index is 0.0111. The van der Waals surface area contributed by atoms with Crippen molar-refractivity contribution in [3.8, 4) is 17.3 Å². The number of nitrogens with two attached hydrogens (primary N) is 1. The molecule has 3 aromatic heterocycles. The number of anilines is 1. The van der Waals surface area contributed by atoms with Gasteiger partial charge in [-0.15, -0.1) is 0 Å². The summed E-state index contributed by atoms with van der Waals surface area (Å²) >= 11 is 1.75. The van der Waals surface area contributed by atoms with E-state index in [9.17, 15) is 4.79 Å². The van der Waals surface area contributed by atoms with E-state index in [1.807, 2.05) is 24.1 Å². The lowest BCUT2D eigenvalue weighted by molar-refractivity contribution is 0.0612. The molecule has 2 unspecified atom stereocenters. The number of pyridine rings is 1. The zero-order valence-electron chi connectivity index (χ0n) is 24.3. The number of aryl methyl sites for hydroxylation is 1. The van der Waals surface area contributed by atoms with Gasteiger partial charge in [-0.3, -0.25) is 9.10 Å².